The summed E-state index contributed by atoms with van der Waals surface area (Å²) in [5.41, 5.74) is 0.407. The normalized spacial score (nSPS) is 37.0. The van der Waals surface area contributed by atoms with Gasteiger partial charge in [0, 0.05) is 31.7 Å². The van der Waals surface area contributed by atoms with Gasteiger partial charge in [0.1, 0.15) is 0 Å². The zero-order valence-electron chi connectivity index (χ0n) is 12.1. The van der Waals surface area contributed by atoms with Crippen LogP contribution >= 0.6 is 0 Å². The number of hydrogen-bond acceptors (Lipinski definition) is 3. The highest BCUT2D eigenvalue weighted by Gasteiger charge is 2.49. The van der Waals surface area contributed by atoms with E-state index in [2.05, 4.69) is 29.0 Å². The molecule has 0 bridgehead atoms. The molecule has 1 N–H and O–H groups in total. The van der Waals surface area contributed by atoms with Crippen molar-refractivity contribution in [3.05, 3.63) is 0 Å². The monoisotopic (exact) mass is 251 g/mol. The minimum absolute atomic E-state index is 0.407. The SMILES string of the molecule is CC1(C)C2CNCC2CN1CCN1CCCCC1. The van der Waals surface area contributed by atoms with Crippen molar-refractivity contribution >= 4 is 0 Å². The first kappa shape index (κ1) is 12.9. The quantitative estimate of drug-likeness (QED) is 0.818. The molecule has 0 aromatic heterocycles. The highest BCUT2D eigenvalue weighted by Crippen LogP contribution is 2.40. The summed E-state index contributed by atoms with van der Waals surface area (Å²) in [6.07, 6.45) is 4.28. The maximum atomic E-state index is 3.57. The fraction of sp³-hybridized carbons (Fsp3) is 1.00. The van der Waals surface area contributed by atoms with E-state index in [1.165, 1.54) is 65.1 Å². The summed E-state index contributed by atoms with van der Waals surface area (Å²) in [6, 6.07) is 0. The van der Waals surface area contributed by atoms with E-state index in [4.69, 9.17) is 0 Å². The van der Waals surface area contributed by atoms with Crippen LogP contribution in [0.2, 0.25) is 0 Å². The van der Waals surface area contributed by atoms with E-state index >= 15 is 0 Å². The summed E-state index contributed by atoms with van der Waals surface area (Å²) < 4.78 is 0. The van der Waals surface area contributed by atoms with Gasteiger partial charge < -0.3 is 10.2 Å². The average molecular weight is 251 g/mol. The largest absolute Gasteiger partial charge is 0.316 e. The van der Waals surface area contributed by atoms with Gasteiger partial charge in [0.25, 0.3) is 0 Å². The lowest BCUT2D eigenvalue weighted by Crippen LogP contribution is -2.47. The lowest BCUT2D eigenvalue weighted by Gasteiger charge is -2.37. The number of rotatable bonds is 3. The molecule has 3 heteroatoms. The van der Waals surface area contributed by atoms with Crippen LogP contribution in [0.1, 0.15) is 33.1 Å². The minimum Gasteiger partial charge on any atom is -0.316 e. The Morgan fingerprint density at radius 1 is 1.06 bits per heavy atom. The Bertz CT molecular complexity index is 283. The van der Waals surface area contributed by atoms with Crippen LogP contribution in [0.15, 0.2) is 0 Å². The van der Waals surface area contributed by atoms with Crippen molar-refractivity contribution in [2.45, 2.75) is 38.6 Å². The third kappa shape index (κ3) is 2.33. The topological polar surface area (TPSA) is 18.5 Å². The Kier molecular flexibility index (Phi) is 3.65. The number of nitrogens with zero attached hydrogens (tertiary/aromatic N) is 2. The van der Waals surface area contributed by atoms with E-state index < -0.39 is 0 Å². The van der Waals surface area contributed by atoms with Crippen LogP contribution in [0.25, 0.3) is 0 Å². The molecular weight excluding hydrogens is 222 g/mol. The third-order valence-corrected chi connectivity index (χ3v) is 5.65. The maximum Gasteiger partial charge on any atom is 0.0197 e. The molecule has 0 spiro atoms. The van der Waals surface area contributed by atoms with Crippen molar-refractivity contribution in [1.29, 1.82) is 0 Å². The van der Waals surface area contributed by atoms with Crippen LogP contribution in [0, 0.1) is 11.8 Å². The lowest BCUT2D eigenvalue weighted by molar-refractivity contribution is 0.113. The molecule has 18 heavy (non-hydrogen) atoms. The maximum absolute atomic E-state index is 3.57. The Hall–Kier alpha value is -0.120. The Balaban J connectivity index is 1.53. The van der Waals surface area contributed by atoms with Crippen LogP contribution < -0.4 is 5.32 Å². The zero-order chi connectivity index (χ0) is 12.6. The van der Waals surface area contributed by atoms with Gasteiger partial charge in [0.15, 0.2) is 0 Å². The number of likely N-dealkylation sites (tertiary alicyclic amines) is 2. The second kappa shape index (κ2) is 5.10. The smallest absolute Gasteiger partial charge is 0.0197 e. The van der Waals surface area contributed by atoms with Gasteiger partial charge in [-0.3, -0.25) is 4.90 Å². The number of hydrogen-bond donors (Lipinski definition) is 1. The molecule has 3 aliphatic rings. The summed E-state index contributed by atoms with van der Waals surface area (Å²) in [4.78, 5) is 5.43. The van der Waals surface area contributed by atoms with Crippen molar-refractivity contribution < 1.29 is 0 Å². The molecule has 3 fully saturated rings. The second-order valence-electron chi connectivity index (χ2n) is 7.03. The number of fused-ring (bicyclic) bond motifs is 1. The van der Waals surface area contributed by atoms with Crippen LogP contribution in [0.3, 0.4) is 0 Å². The molecule has 3 heterocycles. The standard InChI is InChI=1S/C15H29N3/c1-15(2)14-11-16-10-13(14)12-18(15)9-8-17-6-4-3-5-7-17/h13-14,16H,3-12H2,1-2H3. The first-order valence-electron chi connectivity index (χ1n) is 7.86. The molecule has 3 rings (SSSR count). The molecule has 0 amide bonds. The van der Waals surface area contributed by atoms with Crippen molar-refractivity contribution in [3.8, 4) is 0 Å². The van der Waals surface area contributed by atoms with Gasteiger partial charge in [-0.1, -0.05) is 6.42 Å². The molecule has 3 nitrogen and oxygen atoms in total. The summed E-state index contributed by atoms with van der Waals surface area (Å²) in [6.45, 7) is 14.0. The Morgan fingerprint density at radius 3 is 2.56 bits per heavy atom. The van der Waals surface area contributed by atoms with Gasteiger partial charge in [0.05, 0.1) is 0 Å². The third-order valence-electron chi connectivity index (χ3n) is 5.65. The molecule has 0 radical (unpaired) electrons. The van der Waals surface area contributed by atoms with Crippen molar-refractivity contribution in [1.82, 2.24) is 15.1 Å². The number of nitrogens with one attached hydrogen (secondary N) is 1. The van der Waals surface area contributed by atoms with Crippen LogP contribution in [-0.2, 0) is 0 Å². The lowest BCUT2D eigenvalue weighted by atomic mass is 9.85. The number of piperidine rings is 1. The van der Waals surface area contributed by atoms with Crippen LogP contribution in [0.4, 0.5) is 0 Å². The molecule has 0 aromatic rings. The molecule has 2 unspecified atom stereocenters. The highest BCUT2D eigenvalue weighted by molar-refractivity contribution is 5.04. The predicted octanol–water partition coefficient (Wildman–Crippen LogP) is 1.40. The van der Waals surface area contributed by atoms with Crippen molar-refractivity contribution in [2.75, 3.05) is 45.8 Å². The van der Waals surface area contributed by atoms with Crippen LogP contribution in [-0.4, -0.2) is 61.2 Å². The van der Waals surface area contributed by atoms with E-state index in [1.54, 1.807) is 0 Å². The van der Waals surface area contributed by atoms with Crippen molar-refractivity contribution in [3.63, 3.8) is 0 Å². The fourth-order valence-electron chi connectivity index (χ4n) is 4.33. The highest BCUT2D eigenvalue weighted by atomic mass is 15.3. The molecule has 2 atom stereocenters. The van der Waals surface area contributed by atoms with E-state index in [-0.39, 0.29) is 0 Å². The molecular formula is C15H29N3. The van der Waals surface area contributed by atoms with Gasteiger partial charge in [-0.2, -0.15) is 0 Å². The minimum atomic E-state index is 0.407. The molecule has 0 aromatic carbocycles. The fourth-order valence-corrected chi connectivity index (χ4v) is 4.33. The Labute approximate surface area is 112 Å². The van der Waals surface area contributed by atoms with Gasteiger partial charge in [-0.25, -0.2) is 0 Å². The second-order valence-corrected chi connectivity index (χ2v) is 7.03. The van der Waals surface area contributed by atoms with E-state index in [1.807, 2.05) is 0 Å². The molecule has 104 valence electrons. The summed E-state index contributed by atoms with van der Waals surface area (Å²) in [5.74, 6) is 1.78. The van der Waals surface area contributed by atoms with Gasteiger partial charge in [-0.05, 0) is 58.2 Å². The summed E-state index contributed by atoms with van der Waals surface area (Å²) in [5, 5.41) is 3.57. The molecule has 0 saturated carbocycles. The van der Waals surface area contributed by atoms with E-state index in [0.29, 0.717) is 5.54 Å². The summed E-state index contributed by atoms with van der Waals surface area (Å²) in [7, 11) is 0. The first-order chi connectivity index (χ1) is 8.68. The molecule has 3 saturated heterocycles. The predicted molar refractivity (Wildman–Crippen MR) is 75.8 cm³/mol. The van der Waals surface area contributed by atoms with Crippen molar-refractivity contribution in [2.24, 2.45) is 11.8 Å². The van der Waals surface area contributed by atoms with Gasteiger partial charge in [-0.15, -0.1) is 0 Å². The van der Waals surface area contributed by atoms with E-state index in [0.717, 1.165) is 11.8 Å². The van der Waals surface area contributed by atoms with Crippen LogP contribution in [0.5, 0.6) is 0 Å². The first-order valence-corrected chi connectivity index (χ1v) is 7.86. The van der Waals surface area contributed by atoms with E-state index in [9.17, 15) is 0 Å². The molecule has 3 aliphatic heterocycles. The zero-order valence-corrected chi connectivity index (χ0v) is 12.1. The van der Waals surface area contributed by atoms with Gasteiger partial charge in [0.2, 0.25) is 0 Å². The summed E-state index contributed by atoms with van der Waals surface area (Å²) >= 11 is 0. The molecule has 0 aliphatic carbocycles. The Morgan fingerprint density at radius 2 is 1.83 bits per heavy atom. The average Bonchev–Trinajstić information content (AvgIpc) is 2.91. The van der Waals surface area contributed by atoms with Gasteiger partial charge >= 0.3 is 0 Å².